The minimum Gasteiger partial charge on any atom is -0.350 e. The number of rotatable bonds is 1. The van der Waals surface area contributed by atoms with Crippen LogP contribution in [0, 0.1) is 10.1 Å². The number of nitro benzene ring substituents is 1. The van der Waals surface area contributed by atoms with Crippen molar-refractivity contribution >= 4 is 28.6 Å². The molecule has 0 radical (unpaired) electrons. The van der Waals surface area contributed by atoms with Crippen LogP contribution in [0.25, 0.3) is 0 Å². The van der Waals surface area contributed by atoms with Crippen LogP contribution >= 0.6 is 12.2 Å². The zero-order valence-electron chi connectivity index (χ0n) is 10.1. The molecule has 0 bridgehead atoms. The Hall–Kier alpha value is -2.27. The van der Waals surface area contributed by atoms with Gasteiger partial charge in [-0.05, 0) is 11.6 Å². The maximum atomic E-state index is 10.0. The van der Waals surface area contributed by atoms with Crippen LogP contribution in [-0.2, 0) is 6.42 Å². The second-order valence-electron chi connectivity index (χ2n) is 3.97. The van der Waals surface area contributed by atoms with E-state index in [-0.39, 0.29) is 5.69 Å². The molecule has 0 atom stereocenters. The van der Waals surface area contributed by atoms with Gasteiger partial charge in [0.15, 0.2) is 0 Å². The molecule has 0 saturated heterocycles. The highest BCUT2D eigenvalue weighted by atomic mass is 32.1. The third-order valence-electron chi connectivity index (χ3n) is 2.61. The molecule has 0 saturated carbocycles. The van der Waals surface area contributed by atoms with E-state index in [0.717, 1.165) is 11.4 Å². The first-order valence-electron chi connectivity index (χ1n) is 5.74. The van der Waals surface area contributed by atoms with Crippen molar-refractivity contribution in [3.8, 4) is 0 Å². The number of hydrogen-bond donors (Lipinski definition) is 1. The van der Waals surface area contributed by atoms with Crippen molar-refractivity contribution in [3.63, 3.8) is 0 Å². The first kappa shape index (κ1) is 13.2. The molecular weight excluding hydrogens is 260 g/mol. The summed E-state index contributed by atoms with van der Waals surface area (Å²) in [6, 6.07) is 16.1. The quantitative estimate of drug-likeness (QED) is 0.490. The highest BCUT2D eigenvalue weighted by Gasteiger charge is 2.11. The Bertz CT molecular complexity index is 572. The van der Waals surface area contributed by atoms with E-state index in [2.05, 4.69) is 17.4 Å². The van der Waals surface area contributed by atoms with Crippen molar-refractivity contribution < 1.29 is 4.92 Å². The van der Waals surface area contributed by atoms with Crippen LogP contribution in [0.4, 0.5) is 11.4 Å². The fourth-order valence-corrected chi connectivity index (χ4v) is 1.98. The molecule has 0 aromatic heterocycles. The first-order chi connectivity index (χ1) is 9.16. The minimum atomic E-state index is -0.417. The second kappa shape index (κ2) is 6.06. The minimum absolute atomic E-state index is 0.137. The Labute approximate surface area is 116 Å². The fraction of sp³-hybridized carbons (Fsp3) is 0.0714. The molecule has 2 aromatic rings. The van der Waals surface area contributed by atoms with E-state index in [1.807, 2.05) is 12.1 Å². The van der Waals surface area contributed by atoms with Gasteiger partial charge in [-0.15, -0.1) is 0 Å². The van der Waals surface area contributed by atoms with E-state index in [1.165, 1.54) is 23.4 Å². The SMILES string of the molecule is O=[N+]([O-])c1ccccc1.S=C1Cc2ccccc2N1. The summed E-state index contributed by atoms with van der Waals surface area (Å²) in [7, 11) is 0. The Morgan fingerprint density at radius 3 is 2.26 bits per heavy atom. The third kappa shape index (κ3) is 3.59. The van der Waals surface area contributed by atoms with E-state index in [4.69, 9.17) is 12.2 Å². The van der Waals surface area contributed by atoms with Crippen LogP contribution in [0.3, 0.4) is 0 Å². The number of thiocarbonyl (C=S) groups is 1. The zero-order valence-corrected chi connectivity index (χ0v) is 10.9. The van der Waals surface area contributed by atoms with E-state index >= 15 is 0 Å². The summed E-state index contributed by atoms with van der Waals surface area (Å²) in [5.74, 6) is 0. The van der Waals surface area contributed by atoms with Gasteiger partial charge in [-0.3, -0.25) is 10.1 Å². The lowest BCUT2D eigenvalue weighted by molar-refractivity contribution is -0.384. The second-order valence-corrected chi connectivity index (χ2v) is 4.47. The Morgan fingerprint density at radius 2 is 1.68 bits per heavy atom. The van der Waals surface area contributed by atoms with Crippen molar-refractivity contribution in [1.29, 1.82) is 0 Å². The predicted octanol–water partition coefficient (Wildman–Crippen LogP) is 3.58. The largest absolute Gasteiger partial charge is 0.350 e. The molecule has 5 heteroatoms. The summed E-state index contributed by atoms with van der Waals surface area (Å²) in [6.45, 7) is 0. The summed E-state index contributed by atoms with van der Waals surface area (Å²) in [5, 5.41) is 13.1. The van der Waals surface area contributed by atoms with E-state index in [9.17, 15) is 10.1 Å². The van der Waals surface area contributed by atoms with Gasteiger partial charge in [0.1, 0.15) is 0 Å². The van der Waals surface area contributed by atoms with Gasteiger partial charge in [-0.2, -0.15) is 0 Å². The predicted molar refractivity (Wildman–Crippen MR) is 79.5 cm³/mol. The topological polar surface area (TPSA) is 55.2 Å². The number of nitrogens with zero attached hydrogens (tertiary/aromatic N) is 1. The van der Waals surface area contributed by atoms with Crippen LogP contribution in [0.15, 0.2) is 54.6 Å². The van der Waals surface area contributed by atoms with Gasteiger partial charge in [-0.1, -0.05) is 48.6 Å². The normalized spacial score (nSPS) is 11.9. The van der Waals surface area contributed by atoms with Crippen molar-refractivity contribution in [2.75, 3.05) is 5.32 Å². The van der Waals surface area contributed by atoms with Crippen LogP contribution < -0.4 is 5.32 Å². The standard InChI is InChI=1S/C8H7NS.C6H5NO2/c10-8-5-6-3-1-2-4-7(6)9-8;8-7(9)6-4-2-1-3-5-6/h1-4H,5H2,(H,9,10);1-5H. The van der Waals surface area contributed by atoms with Gasteiger partial charge in [0.25, 0.3) is 5.69 Å². The van der Waals surface area contributed by atoms with Gasteiger partial charge in [0, 0.05) is 24.2 Å². The fourth-order valence-electron chi connectivity index (χ4n) is 1.71. The van der Waals surface area contributed by atoms with Crippen LogP contribution in [0.5, 0.6) is 0 Å². The monoisotopic (exact) mass is 272 g/mol. The lowest BCUT2D eigenvalue weighted by atomic mass is 10.2. The van der Waals surface area contributed by atoms with Crippen molar-refractivity contribution in [2.45, 2.75) is 6.42 Å². The molecule has 0 spiro atoms. The molecule has 96 valence electrons. The molecule has 1 heterocycles. The molecule has 1 aliphatic heterocycles. The highest BCUT2D eigenvalue weighted by molar-refractivity contribution is 7.80. The molecule has 3 rings (SSSR count). The number of fused-ring (bicyclic) bond motifs is 1. The molecular formula is C14H12N2O2S. The summed E-state index contributed by atoms with van der Waals surface area (Å²) in [6.07, 6.45) is 0.908. The van der Waals surface area contributed by atoms with Gasteiger partial charge in [-0.25, -0.2) is 0 Å². The smallest absolute Gasteiger partial charge is 0.269 e. The maximum Gasteiger partial charge on any atom is 0.269 e. The number of nitrogens with one attached hydrogen (secondary N) is 1. The van der Waals surface area contributed by atoms with E-state index in [1.54, 1.807) is 18.2 Å². The summed E-state index contributed by atoms with van der Waals surface area (Å²) in [5.41, 5.74) is 2.62. The lowest BCUT2D eigenvalue weighted by Gasteiger charge is -1.94. The zero-order chi connectivity index (χ0) is 13.7. The number of nitro groups is 1. The summed E-state index contributed by atoms with van der Waals surface area (Å²) in [4.78, 5) is 10.5. The molecule has 1 N–H and O–H groups in total. The van der Waals surface area contributed by atoms with Crippen molar-refractivity contribution in [3.05, 3.63) is 70.3 Å². The Morgan fingerprint density at radius 1 is 1.05 bits per heavy atom. The Balaban J connectivity index is 0.000000141. The first-order valence-corrected chi connectivity index (χ1v) is 6.15. The van der Waals surface area contributed by atoms with E-state index < -0.39 is 4.92 Å². The molecule has 19 heavy (non-hydrogen) atoms. The Kier molecular flexibility index (Phi) is 4.20. The van der Waals surface area contributed by atoms with Crippen molar-refractivity contribution in [1.82, 2.24) is 0 Å². The molecule has 0 unspecified atom stereocenters. The van der Waals surface area contributed by atoms with Gasteiger partial charge in [0.2, 0.25) is 0 Å². The van der Waals surface area contributed by atoms with Gasteiger partial charge < -0.3 is 5.32 Å². The van der Waals surface area contributed by atoms with Crippen molar-refractivity contribution in [2.24, 2.45) is 0 Å². The summed E-state index contributed by atoms with van der Waals surface area (Å²) < 4.78 is 0. The maximum absolute atomic E-state index is 10.0. The van der Waals surface area contributed by atoms with Crippen LogP contribution in [0.1, 0.15) is 5.56 Å². The number of benzene rings is 2. The lowest BCUT2D eigenvalue weighted by Crippen LogP contribution is -2.00. The average molecular weight is 272 g/mol. The number of para-hydroxylation sites is 2. The van der Waals surface area contributed by atoms with Crippen LogP contribution in [0.2, 0.25) is 0 Å². The van der Waals surface area contributed by atoms with E-state index in [0.29, 0.717) is 0 Å². The van der Waals surface area contributed by atoms with Crippen LogP contribution in [-0.4, -0.2) is 9.91 Å². The molecule has 1 aliphatic rings. The summed E-state index contributed by atoms with van der Waals surface area (Å²) >= 11 is 5.01. The third-order valence-corrected chi connectivity index (χ3v) is 2.86. The number of non-ortho nitro benzene ring substituents is 1. The molecule has 0 aliphatic carbocycles. The van der Waals surface area contributed by atoms with Gasteiger partial charge in [0.05, 0.1) is 9.91 Å². The highest BCUT2D eigenvalue weighted by Crippen LogP contribution is 2.21. The molecule has 0 fully saturated rings. The molecule has 4 nitrogen and oxygen atoms in total. The molecule has 0 amide bonds. The number of anilines is 1. The number of hydrogen-bond acceptors (Lipinski definition) is 3. The average Bonchev–Trinajstić information content (AvgIpc) is 2.80. The van der Waals surface area contributed by atoms with Gasteiger partial charge >= 0.3 is 0 Å². The molecule has 2 aromatic carbocycles.